The van der Waals surface area contributed by atoms with Crippen molar-refractivity contribution in [1.82, 2.24) is 9.88 Å². The minimum atomic E-state index is -0.183. The van der Waals surface area contributed by atoms with Gasteiger partial charge in [-0.05, 0) is 30.9 Å². The maximum absolute atomic E-state index is 12.0. The molecule has 1 aliphatic rings. The van der Waals surface area contributed by atoms with Crippen molar-refractivity contribution < 1.29 is 9.90 Å². The van der Waals surface area contributed by atoms with Gasteiger partial charge in [0.2, 0.25) is 0 Å². The molecule has 5 heteroatoms. The Morgan fingerprint density at radius 3 is 2.82 bits per heavy atom. The number of halogens is 1. The number of nitrogens with zero attached hydrogens (tertiary/aromatic N) is 2. The van der Waals surface area contributed by atoms with E-state index in [-0.39, 0.29) is 12.0 Å². The number of pyridine rings is 1. The first-order valence-corrected chi connectivity index (χ1v) is 5.99. The zero-order chi connectivity index (χ0) is 12.4. The molecule has 0 aromatic carbocycles. The summed E-state index contributed by atoms with van der Waals surface area (Å²) < 4.78 is 0. The van der Waals surface area contributed by atoms with Gasteiger partial charge in [-0.3, -0.25) is 4.79 Å². The zero-order valence-corrected chi connectivity index (χ0v) is 10.4. The lowest BCUT2D eigenvalue weighted by atomic mass is 9.82. The van der Waals surface area contributed by atoms with Gasteiger partial charge in [0, 0.05) is 19.8 Å². The van der Waals surface area contributed by atoms with Crippen molar-refractivity contribution in [2.75, 3.05) is 13.6 Å². The van der Waals surface area contributed by atoms with Gasteiger partial charge in [-0.2, -0.15) is 0 Å². The quantitative estimate of drug-likeness (QED) is 0.891. The molecule has 0 radical (unpaired) electrons. The van der Waals surface area contributed by atoms with E-state index in [1.807, 2.05) is 0 Å². The van der Waals surface area contributed by atoms with E-state index in [2.05, 4.69) is 4.98 Å². The van der Waals surface area contributed by atoms with E-state index in [0.29, 0.717) is 23.2 Å². The van der Waals surface area contributed by atoms with Gasteiger partial charge in [-0.25, -0.2) is 4.98 Å². The summed E-state index contributed by atoms with van der Waals surface area (Å²) in [5, 5.41) is 9.71. The molecule has 17 heavy (non-hydrogen) atoms. The van der Waals surface area contributed by atoms with E-state index < -0.39 is 0 Å². The van der Waals surface area contributed by atoms with E-state index in [1.54, 1.807) is 24.1 Å². The van der Waals surface area contributed by atoms with Crippen LogP contribution in [0.2, 0.25) is 5.02 Å². The molecule has 1 aromatic rings. The Labute approximate surface area is 105 Å². The van der Waals surface area contributed by atoms with Crippen molar-refractivity contribution in [1.29, 1.82) is 0 Å². The summed E-state index contributed by atoms with van der Waals surface area (Å²) in [7, 11) is 1.75. The third-order valence-corrected chi connectivity index (χ3v) is 3.26. The normalized spacial score (nSPS) is 23.0. The summed E-state index contributed by atoms with van der Waals surface area (Å²) in [5.74, 6) is 0.300. The predicted molar refractivity (Wildman–Crippen MR) is 64.9 cm³/mol. The van der Waals surface area contributed by atoms with E-state index in [4.69, 9.17) is 11.6 Å². The third-order valence-electron chi connectivity index (χ3n) is 3.04. The molecule has 1 fully saturated rings. The highest BCUT2D eigenvalue weighted by Crippen LogP contribution is 2.27. The minimum absolute atomic E-state index is 0.108. The lowest BCUT2D eigenvalue weighted by Gasteiger charge is -2.34. The van der Waals surface area contributed by atoms with Gasteiger partial charge in [0.15, 0.2) is 0 Å². The lowest BCUT2D eigenvalue weighted by molar-refractivity contribution is 0.0264. The fraction of sp³-hybridized carbons (Fsp3) is 0.500. The Hall–Kier alpha value is -1.13. The number of aliphatic hydroxyl groups excluding tert-OH is 1. The summed E-state index contributed by atoms with van der Waals surface area (Å²) in [6.45, 7) is 0.667. The molecule has 0 spiro atoms. The first kappa shape index (κ1) is 12.3. The highest BCUT2D eigenvalue weighted by atomic mass is 35.5. The molecule has 1 heterocycles. The first-order chi connectivity index (χ1) is 8.06. The van der Waals surface area contributed by atoms with Crippen LogP contribution in [0.4, 0.5) is 0 Å². The van der Waals surface area contributed by atoms with Gasteiger partial charge in [-0.1, -0.05) is 11.6 Å². The fourth-order valence-corrected chi connectivity index (χ4v) is 2.13. The average molecular weight is 255 g/mol. The van der Waals surface area contributed by atoms with Gasteiger partial charge in [-0.15, -0.1) is 0 Å². The number of aliphatic hydroxyl groups is 1. The molecule has 0 saturated heterocycles. The van der Waals surface area contributed by atoms with Crippen molar-refractivity contribution in [2.45, 2.75) is 18.9 Å². The van der Waals surface area contributed by atoms with Crippen LogP contribution >= 0.6 is 11.6 Å². The Morgan fingerprint density at radius 1 is 1.59 bits per heavy atom. The molecule has 0 unspecified atom stereocenters. The van der Waals surface area contributed by atoms with Gasteiger partial charge in [0.1, 0.15) is 5.69 Å². The van der Waals surface area contributed by atoms with E-state index >= 15 is 0 Å². The average Bonchev–Trinajstić information content (AvgIpc) is 2.27. The highest BCUT2D eigenvalue weighted by Gasteiger charge is 2.29. The standard InChI is InChI=1S/C12H15ClN2O2/c1-15(7-8-4-10(16)5-8)12(17)11-3-2-9(13)6-14-11/h2-3,6,8,10,16H,4-5,7H2,1H3. The van der Waals surface area contributed by atoms with E-state index in [9.17, 15) is 9.90 Å². The van der Waals surface area contributed by atoms with Gasteiger partial charge in [0.05, 0.1) is 11.1 Å². The summed E-state index contributed by atoms with van der Waals surface area (Å²) in [6.07, 6.45) is 2.85. The molecule has 0 bridgehead atoms. The molecule has 1 saturated carbocycles. The summed E-state index contributed by atoms with van der Waals surface area (Å²) >= 11 is 5.71. The van der Waals surface area contributed by atoms with Crippen LogP contribution in [0.25, 0.3) is 0 Å². The molecule has 2 rings (SSSR count). The Bertz CT molecular complexity index is 401. The van der Waals surface area contributed by atoms with Gasteiger partial charge >= 0.3 is 0 Å². The first-order valence-electron chi connectivity index (χ1n) is 5.61. The van der Waals surface area contributed by atoms with Crippen molar-refractivity contribution >= 4 is 17.5 Å². The second kappa shape index (κ2) is 5.02. The number of hydrogen-bond acceptors (Lipinski definition) is 3. The highest BCUT2D eigenvalue weighted by molar-refractivity contribution is 6.30. The SMILES string of the molecule is CN(CC1CC(O)C1)C(=O)c1ccc(Cl)cn1. The van der Waals surface area contributed by atoms with Crippen molar-refractivity contribution in [3.05, 3.63) is 29.0 Å². The second-order valence-electron chi connectivity index (χ2n) is 4.54. The molecule has 92 valence electrons. The Balaban J connectivity index is 1.92. The summed E-state index contributed by atoms with van der Waals surface area (Å²) in [5.41, 5.74) is 0.400. The van der Waals surface area contributed by atoms with Crippen molar-refractivity contribution in [3.8, 4) is 0 Å². The van der Waals surface area contributed by atoms with Crippen molar-refractivity contribution in [3.63, 3.8) is 0 Å². The molecule has 4 nitrogen and oxygen atoms in total. The molecule has 1 aliphatic carbocycles. The van der Waals surface area contributed by atoms with Crippen LogP contribution in [0.1, 0.15) is 23.3 Å². The number of aromatic nitrogens is 1. The van der Waals surface area contributed by atoms with Crippen LogP contribution in [-0.4, -0.2) is 40.6 Å². The molecular weight excluding hydrogens is 240 g/mol. The number of rotatable bonds is 3. The van der Waals surface area contributed by atoms with Crippen molar-refractivity contribution in [2.24, 2.45) is 5.92 Å². The van der Waals surface area contributed by atoms with Crippen LogP contribution in [0.5, 0.6) is 0 Å². The smallest absolute Gasteiger partial charge is 0.272 e. The number of amides is 1. The molecule has 1 amide bonds. The van der Waals surface area contributed by atoms with Crippen LogP contribution in [0.3, 0.4) is 0 Å². The zero-order valence-electron chi connectivity index (χ0n) is 9.64. The second-order valence-corrected chi connectivity index (χ2v) is 4.98. The number of carbonyl (C=O) groups is 1. The van der Waals surface area contributed by atoms with Crippen LogP contribution in [0, 0.1) is 5.92 Å². The molecule has 1 aromatic heterocycles. The monoisotopic (exact) mass is 254 g/mol. The Morgan fingerprint density at radius 2 is 2.29 bits per heavy atom. The Kier molecular flexibility index (Phi) is 3.64. The topological polar surface area (TPSA) is 53.4 Å². The number of carbonyl (C=O) groups excluding carboxylic acids is 1. The maximum Gasteiger partial charge on any atom is 0.272 e. The molecule has 1 N–H and O–H groups in total. The van der Waals surface area contributed by atoms with Crippen LogP contribution in [-0.2, 0) is 0 Å². The van der Waals surface area contributed by atoms with Crippen LogP contribution in [0.15, 0.2) is 18.3 Å². The van der Waals surface area contributed by atoms with Gasteiger partial charge in [0.25, 0.3) is 5.91 Å². The fourth-order valence-electron chi connectivity index (χ4n) is 2.02. The van der Waals surface area contributed by atoms with E-state index in [0.717, 1.165) is 12.8 Å². The molecule has 0 atom stereocenters. The molecular formula is C12H15ClN2O2. The number of hydrogen-bond donors (Lipinski definition) is 1. The summed E-state index contributed by atoms with van der Waals surface area (Å²) in [6, 6.07) is 3.28. The minimum Gasteiger partial charge on any atom is -0.393 e. The maximum atomic E-state index is 12.0. The third kappa shape index (κ3) is 2.96. The predicted octanol–water partition coefficient (Wildman–Crippen LogP) is 1.58. The van der Waals surface area contributed by atoms with Gasteiger partial charge < -0.3 is 10.0 Å². The lowest BCUT2D eigenvalue weighted by Crippen LogP contribution is -2.39. The van der Waals surface area contributed by atoms with Crippen LogP contribution < -0.4 is 0 Å². The molecule has 0 aliphatic heterocycles. The summed E-state index contributed by atoms with van der Waals surface area (Å²) in [4.78, 5) is 17.6. The largest absolute Gasteiger partial charge is 0.393 e. The van der Waals surface area contributed by atoms with E-state index in [1.165, 1.54) is 6.20 Å².